The van der Waals surface area contributed by atoms with Gasteiger partial charge in [-0.3, -0.25) is 0 Å². The molecule has 0 spiro atoms. The van der Waals surface area contributed by atoms with Crippen LogP contribution in [0.15, 0.2) is 23.1 Å². The second-order valence-corrected chi connectivity index (χ2v) is 2.54. The number of benzene rings is 1. The van der Waals surface area contributed by atoms with E-state index in [0.29, 0.717) is 0 Å². The van der Waals surface area contributed by atoms with Crippen LogP contribution in [0.3, 0.4) is 0 Å². The van der Waals surface area contributed by atoms with Gasteiger partial charge in [0, 0.05) is 10.6 Å². The summed E-state index contributed by atoms with van der Waals surface area (Å²) in [5.41, 5.74) is 7.44. The van der Waals surface area contributed by atoms with Crippen molar-refractivity contribution in [3.05, 3.63) is 23.8 Å². The van der Waals surface area contributed by atoms with Gasteiger partial charge < -0.3 is 5.73 Å². The summed E-state index contributed by atoms with van der Waals surface area (Å²) in [5.74, 6) is 0. The van der Waals surface area contributed by atoms with Gasteiger partial charge in [-0.2, -0.15) is 0 Å². The van der Waals surface area contributed by atoms with Crippen LogP contribution in [-0.2, 0) is 0 Å². The van der Waals surface area contributed by atoms with E-state index in [1.807, 2.05) is 39.0 Å². The topological polar surface area (TPSA) is 26.0 Å². The summed E-state index contributed by atoms with van der Waals surface area (Å²) in [5, 5.41) is 0. The van der Waals surface area contributed by atoms with Gasteiger partial charge in [-0.25, -0.2) is 0 Å². The van der Waals surface area contributed by atoms with Crippen LogP contribution < -0.4 is 5.73 Å². The van der Waals surface area contributed by atoms with Gasteiger partial charge in [-0.1, -0.05) is 19.9 Å². The van der Waals surface area contributed by atoms with E-state index in [0.717, 1.165) is 10.6 Å². The Kier molecular flexibility index (Phi) is 4.79. The molecule has 0 radical (unpaired) electrons. The fourth-order valence-electron chi connectivity index (χ4n) is 0.654. The maximum atomic E-state index is 5.51. The molecule has 2 N–H and O–H groups in total. The third-order valence-electron chi connectivity index (χ3n) is 1.19. The van der Waals surface area contributed by atoms with E-state index in [-0.39, 0.29) is 0 Å². The minimum atomic E-state index is 0.740. The highest BCUT2D eigenvalue weighted by molar-refractivity contribution is 7.80. The van der Waals surface area contributed by atoms with Crippen molar-refractivity contribution in [2.45, 2.75) is 25.7 Å². The van der Waals surface area contributed by atoms with E-state index >= 15 is 0 Å². The fraction of sp³-hybridized carbons (Fsp3) is 0.333. The van der Waals surface area contributed by atoms with Crippen molar-refractivity contribution in [1.29, 1.82) is 0 Å². The summed E-state index contributed by atoms with van der Waals surface area (Å²) in [7, 11) is 0. The van der Waals surface area contributed by atoms with Crippen molar-refractivity contribution in [2.75, 3.05) is 5.73 Å². The standard InChI is InChI=1S/C7H9NS.C2H6/c1-5-2-3-6(8)7(9)4-5;1-2/h2-4,9H,8H2,1H3;1-2H3. The van der Waals surface area contributed by atoms with E-state index in [2.05, 4.69) is 12.6 Å². The van der Waals surface area contributed by atoms with Crippen molar-refractivity contribution in [3.8, 4) is 0 Å². The molecule has 0 unspecified atom stereocenters. The van der Waals surface area contributed by atoms with Crippen LogP contribution in [0.5, 0.6) is 0 Å². The van der Waals surface area contributed by atoms with Crippen molar-refractivity contribution >= 4 is 18.3 Å². The molecule has 0 amide bonds. The minimum Gasteiger partial charge on any atom is -0.398 e. The van der Waals surface area contributed by atoms with E-state index in [9.17, 15) is 0 Å². The predicted octanol–water partition coefficient (Wildman–Crippen LogP) is 2.89. The lowest BCUT2D eigenvalue weighted by molar-refractivity contribution is 1.37. The van der Waals surface area contributed by atoms with Gasteiger partial charge in [0.15, 0.2) is 0 Å². The summed E-state index contributed by atoms with van der Waals surface area (Å²) in [6, 6.07) is 5.77. The molecular weight excluding hydrogens is 154 g/mol. The summed E-state index contributed by atoms with van der Waals surface area (Å²) in [4.78, 5) is 0.856. The first kappa shape index (κ1) is 10.4. The number of nitrogen functional groups attached to an aromatic ring is 1. The fourth-order valence-corrected chi connectivity index (χ4v) is 0.932. The highest BCUT2D eigenvalue weighted by atomic mass is 32.1. The minimum absolute atomic E-state index is 0.740. The number of hydrogen-bond donors (Lipinski definition) is 2. The van der Waals surface area contributed by atoms with Crippen molar-refractivity contribution in [3.63, 3.8) is 0 Å². The average Bonchev–Trinajstić information content (AvgIpc) is 2.02. The second kappa shape index (κ2) is 5.08. The highest BCUT2D eigenvalue weighted by Crippen LogP contribution is 2.16. The van der Waals surface area contributed by atoms with Gasteiger partial charge in [0.1, 0.15) is 0 Å². The lowest BCUT2D eigenvalue weighted by Gasteiger charge is -1.97. The Morgan fingerprint density at radius 3 is 2.18 bits per heavy atom. The number of rotatable bonds is 0. The van der Waals surface area contributed by atoms with Crippen molar-refractivity contribution in [1.82, 2.24) is 0 Å². The maximum Gasteiger partial charge on any atom is 0.0449 e. The Morgan fingerprint density at radius 1 is 1.27 bits per heavy atom. The van der Waals surface area contributed by atoms with Gasteiger partial charge in [0.25, 0.3) is 0 Å². The number of thiol groups is 1. The van der Waals surface area contributed by atoms with Crippen LogP contribution in [0, 0.1) is 6.92 Å². The Bertz CT molecular complexity index is 221. The van der Waals surface area contributed by atoms with Gasteiger partial charge in [0.05, 0.1) is 0 Å². The van der Waals surface area contributed by atoms with Gasteiger partial charge in [0.2, 0.25) is 0 Å². The zero-order chi connectivity index (χ0) is 8.85. The van der Waals surface area contributed by atoms with Crippen LogP contribution in [-0.4, -0.2) is 0 Å². The largest absolute Gasteiger partial charge is 0.398 e. The molecule has 1 aromatic rings. The molecule has 0 aromatic heterocycles. The molecule has 62 valence electrons. The van der Waals surface area contributed by atoms with Crippen molar-refractivity contribution in [2.24, 2.45) is 0 Å². The third kappa shape index (κ3) is 3.33. The monoisotopic (exact) mass is 169 g/mol. The molecule has 0 aliphatic heterocycles. The molecule has 1 aromatic carbocycles. The van der Waals surface area contributed by atoms with Crippen molar-refractivity contribution < 1.29 is 0 Å². The van der Waals surface area contributed by atoms with Crippen LogP contribution in [0.2, 0.25) is 0 Å². The molecule has 11 heavy (non-hydrogen) atoms. The first-order valence-electron chi connectivity index (χ1n) is 3.75. The highest BCUT2D eigenvalue weighted by Gasteiger charge is 1.90. The molecule has 0 saturated carbocycles. The summed E-state index contributed by atoms with van der Waals surface area (Å²) >= 11 is 4.14. The smallest absolute Gasteiger partial charge is 0.0449 e. The number of nitrogens with two attached hydrogens (primary N) is 1. The van der Waals surface area contributed by atoms with Crippen LogP contribution in [0.1, 0.15) is 19.4 Å². The first-order valence-corrected chi connectivity index (χ1v) is 4.20. The van der Waals surface area contributed by atoms with Crippen LogP contribution in [0.4, 0.5) is 5.69 Å². The zero-order valence-corrected chi connectivity index (χ0v) is 8.15. The Morgan fingerprint density at radius 2 is 1.82 bits per heavy atom. The molecule has 0 heterocycles. The molecular formula is C9H15NS. The molecule has 0 atom stereocenters. The Labute approximate surface area is 74.0 Å². The Hall–Kier alpha value is -0.630. The number of aryl methyl sites for hydroxylation is 1. The molecule has 0 aliphatic carbocycles. The summed E-state index contributed by atoms with van der Waals surface area (Å²) in [6.07, 6.45) is 0. The first-order chi connectivity index (χ1) is 5.20. The van der Waals surface area contributed by atoms with E-state index in [1.54, 1.807) is 0 Å². The predicted molar refractivity (Wildman–Crippen MR) is 54.2 cm³/mol. The second-order valence-electron chi connectivity index (χ2n) is 2.06. The molecule has 1 nitrogen and oxygen atoms in total. The number of hydrogen-bond acceptors (Lipinski definition) is 2. The van der Waals surface area contributed by atoms with Gasteiger partial charge in [-0.15, -0.1) is 12.6 Å². The molecule has 0 fully saturated rings. The zero-order valence-electron chi connectivity index (χ0n) is 7.26. The molecule has 0 saturated heterocycles. The van der Waals surface area contributed by atoms with Crippen LogP contribution >= 0.6 is 12.6 Å². The summed E-state index contributed by atoms with van der Waals surface area (Å²) in [6.45, 7) is 6.01. The van der Waals surface area contributed by atoms with E-state index in [1.165, 1.54) is 5.56 Å². The average molecular weight is 169 g/mol. The SMILES string of the molecule is CC.Cc1ccc(N)c(S)c1. The molecule has 0 aliphatic rings. The van der Waals surface area contributed by atoms with Gasteiger partial charge >= 0.3 is 0 Å². The normalized spacial score (nSPS) is 8.36. The lowest BCUT2D eigenvalue weighted by atomic mass is 10.2. The molecule has 2 heteroatoms. The maximum absolute atomic E-state index is 5.51. The van der Waals surface area contributed by atoms with Gasteiger partial charge in [-0.05, 0) is 24.6 Å². The lowest BCUT2D eigenvalue weighted by Crippen LogP contribution is -1.85. The number of anilines is 1. The van der Waals surface area contributed by atoms with E-state index < -0.39 is 0 Å². The molecule has 0 bridgehead atoms. The molecule has 1 rings (SSSR count). The third-order valence-corrected chi connectivity index (χ3v) is 1.57. The Balaban J connectivity index is 0.000000461. The van der Waals surface area contributed by atoms with Crippen LogP contribution in [0.25, 0.3) is 0 Å². The quantitative estimate of drug-likeness (QED) is 0.453. The van der Waals surface area contributed by atoms with E-state index in [4.69, 9.17) is 5.73 Å². The summed E-state index contributed by atoms with van der Waals surface area (Å²) < 4.78 is 0.